The van der Waals surface area contributed by atoms with Gasteiger partial charge in [-0.2, -0.15) is 0 Å². The van der Waals surface area contributed by atoms with Crippen molar-refractivity contribution in [1.29, 1.82) is 0 Å². The summed E-state index contributed by atoms with van der Waals surface area (Å²) >= 11 is 6.99. The van der Waals surface area contributed by atoms with E-state index in [1.165, 1.54) is 4.90 Å². The quantitative estimate of drug-likeness (QED) is 0.399. The van der Waals surface area contributed by atoms with Crippen LogP contribution in [0.2, 0.25) is 0 Å². The molecule has 6 nitrogen and oxygen atoms in total. The summed E-state index contributed by atoms with van der Waals surface area (Å²) in [7, 11) is 0. The Hall–Kier alpha value is -1.64. The Bertz CT molecular complexity index is 694. The molecule has 0 aromatic carbocycles. The molecule has 1 aromatic heterocycles. The molecule has 1 saturated carbocycles. The van der Waals surface area contributed by atoms with Gasteiger partial charge in [-0.3, -0.25) is 14.6 Å². The zero-order valence-corrected chi connectivity index (χ0v) is 18.0. The predicted molar refractivity (Wildman–Crippen MR) is 117 cm³/mol. The van der Waals surface area contributed by atoms with E-state index in [9.17, 15) is 9.59 Å². The number of piperazine rings is 1. The molecule has 0 bridgehead atoms. The zero-order chi connectivity index (χ0) is 19.9. The van der Waals surface area contributed by atoms with E-state index in [-0.39, 0.29) is 17.5 Å². The molecule has 0 radical (unpaired) electrons. The average molecular weight is 422 g/mol. The number of Topliss-reactive ketones (excluding diaryl/α,β-unsaturated/α-hetero) is 2. The minimum atomic E-state index is -0.638. The number of thiocarbonyl (C=S) groups is 1. The topological polar surface area (TPSA) is 66.2 Å². The van der Waals surface area contributed by atoms with Gasteiger partial charge in [0.1, 0.15) is 17.5 Å². The van der Waals surface area contributed by atoms with Gasteiger partial charge in [-0.05, 0) is 30.6 Å². The Morgan fingerprint density at radius 3 is 2.68 bits per heavy atom. The van der Waals surface area contributed by atoms with Gasteiger partial charge in [0.2, 0.25) is 0 Å². The molecule has 2 N–H and O–H groups in total. The number of nitrogens with one attached hydrogen (secondary N) is 2. The van der Waals surface area contributed by atoms with Crippen LogP contribution in [0.5, 0.6) is 0 Å². The molecule has 1 aliphatic heterocycles. The highest BCUT2D eigenvalue weighted by Crippen LogP contribution is 2.33. The van der Waals surface area contributed by atoms with Crippen molar-refractivity contribution in [3.05, 3.63) is 22.4 Å². The largest absolute Gasteiger partial charge is 0.363 e. The molecule has 0 atom stereocenters. The Morgan fingerprint density at radius 1 is 1.36 bits per heavy atom. The van der Waals surface area contributed by atoms with Crippen LogP contribution in [0.25, 0.3) is 0 Å². The van der Waals surface area contributed by atoms with Crippen LogP contribution in [0.1, 0.15) is 30.6 Å². The van der Waals surface area contributed by atoms with Gasteiger partial charge in [0.05, 0.1) is 39.3 Å². The summed E-state index contributed by atoms with van der Waals surface area (Å²) in [5.74, 6) is -0.563. The minimum absolute atomic E-state index is 0.0105. The van der Waals surface area contributed by atoms with Crippen LogP contribution in [0, 0.1) is 5.92 Å². The lowest BCUT2D eigenvalue weighted by atomic mass is 9.80. The molecule has 3 rings (SSSR count). The second-order valence-electron chi connectivity index (χ2n) is 7.41. The second-order valence-corrected chi connectivity index (χ2v) is 8.77. The molecule has 28 heavy (non-hydrogen) atoms. The fourth-order valence-corrected chi connectivity index (χ4v) is 4.98. The molecule has 0 unspecified atom stereocenters. The molecule has 1 aromatic rings. The fourth-order valence-electron chi connectivity index (χ4n) is 3.82. The Kier molecular flexibility index (Phi) is 7.70. The van der Waals surface area contributed by atoms with Crippen molar-refractivity contribution in [3.63, 3.8) is 0 Å². The number of ketones is 2. The van der Waals surface area contributed by atoms with Gasteiger partial charge < -0.3 is 15.1 Å². The van der Waals surface area contributed by atoms with Crippen molar-refractivity contribution < 1.29 is 14.5 Å². The van der Waals surface area contributed by atoms with E-state index in [0.717, 1.165) is 49.3 Å². The number of thiophene rings is 1. The fraction of sp³-hybridized carbons (Fsp3) is 0.600. The molecular weight excluding hydrogens is 392 g/mol. The molecule has 2 fully saturated rings. The van der Waals surface area contributed by atoms with Gasteiger partial charge in [-0.25, -0.2) is 0 Å². The third-order valence-corrected chi connectivity index (χ3v) is 6.91. The van der Waals surface area contributed by atoms with Gasteiger partial charge in [0.15, 0.2) is 5.11 Å². The van der Waals surface area contributed by atoms with Crippen LogP contribution >= 0.6 is 23.6 Å². The van der Waals surface area contributed by atoms with Crippen LogP contribution in [-0.4, -0.2) is 73.6 Å². The van der Waals surface area contributed by atoms with Gasteiger partial charge in [-0.1, -0.05) is 6.07 Å². The van der Waals surface area contributed by atoms with Crippen molar-refractivity contribution in [2.45, 2.75) is 25.7 Å². The van der Waals surface area contributed by atoms with E-state index >= 15 is 0 Å². The monoisotopic (exact) mass is 421 g/mol. The van der Waals surface area contributed by atoms with E-state index in [0.29, 0.717) is 19.4 Å². The summed E-state index contributed by atoms with van der Waals surface area (Å²) < 4.78 is 0. The first-order valence-corrected chi connectivity index (χ1v) is 11.3. The summed E-state index contributed by atoms with van der Waals surface area (Å²) in [4.78, 5) is 34.1. The van der Waals surface area contributed by atoms with Crippen molar-refractivity contribution in [2.75, 3.05) is 45.8 Å². The molecule has 152 valence electrons. The van der Waals surface area contributed by atoms with Crippen molar-refractivity contribution in [3.8, 4) is 0 Å². The number of hydrogen-bond donors (Lipinski definition) is 2. The second kappa shape index (κ2) is 10.2. The highest BCUT2D eigenvalue weighted by atomic mass is 32.1. The maximum atomic E-state index is 12.4. The van der Waals surface area contributed by atoms with E-state index in [1.807, 2.05) is 17.5 Å². The van der Waals surface area contributed by atoms with Crippen LogP contribution in [0.15, 0.2) is 22.5 Å². The average Bonchev–Trinajstić information content (AvgIpc) is 3.22. The lowest BCUT2D eigenvalue weighted by Gasteiger charge is -2.33. The third-order valence-electron chi connectivity index (χ3n) is 5.47. The molecule has 2 aliphatic rings. The van der Waals surface area contributed by atoms with E-state index in [4.69, 9.17) is 12.2 Å². The summed E-state index contributed by atoms with van der Waals surface area (Å²) in [5, 5.41) is 6.04. The molecule has 1 aliphatic carbocycles. The van der Waals surface area contributed by atoms with E-state index in [1.54, 1.807) is 17.6 Å². The number of rotatable bonds is 6. The first-order valence-electron chi connectivity index (χ1n) is 10.0. The number of carbonyl (C=O) groups excluding carboxylic acids is 2. The van der Waals surface area contributed by atoms with Gasteiger partial charge in [0, 0.05) is 36.4 Å². The van der Waals surface area contributed by atoms with Crippen molar-refractivity contribution in [1.82, 2.24) is 10.2 Å². The van der Waals surface area contributed by atoms with E-state index in [2.05, 4.69) is 22.1 Å². The number of nitrogens with zero attached hydrogens (tertiary/aromatic N) is 2. The molecule has 0 amide bonds. The number of aliphatic imine (C=N–C) groups is 1. The summed E-state index contributed by atoms with van der Waals surface area (Å²) in [6.07, 6.45) is 2.50. The number of carbonyl (C=O) groups is 2. The Balaban J connectivity index is 1.40. The van der Waals surface area contributed by atoms with Crippen LogP contribution in [0.4, 0.5) is 0 Å². The first-order chi connectivity index (χ1) is 13.6. The van der Waals surface area contributed by atoms with Crippen molar-refractivity contribution in [2.24, 2.45) is 10.9 Å². The van der Waals surface area contributed by atoms with Gasteiger partial charge in [-0.15, -0.1) is 11.3 Å². The van der Waals surface area contributed by atoms with Crippen molar-refractivity contribution >= 4 is 46.4 Å². The lowest BCUT2D eigenvalue weighted by molar-refractivity contribution is -0.902. The molecule has 2 heterocycles. The van der Waals surface area contributed by atoms with Gasteiger partial charge in [0.25, 0.3) is 0 Å². The zero-order valence-electron chi connectivity index (χ0n) is 16.4. The summed E-state index contributed by atoms with van der Waals surface area (Å²) in [6, 6.07) is 3.98. The molecule has 0 spiro atoms. The summed E-state index contributed by atoms with van der Waals surface area (Å²) in [6.45, 7) is 8.45. The smallest absolute Gasteiger partial charge is 0.169 e. The Labute approximate surface area is 176 Å². The summed E-state index contributed by atoms with van der Waals surface area (Å²) in [5.41, 5.74) is 0. The number of quaternary nitrogens is 1. The third kappa shape index (κ3) is 5.46. The molecule has 8 heteroatoms. The standard InChI is InChI=1S/C20H28N4O2S2/c1-2-22-20(27)24-9-7-23(8-10-24)6-5-21-14-16-17(25)12-15(13-18(16)26)19-4-3-11-28-19/h3-4,11,14-16H,2,5-10,12-13H2,1H3,(H,22,27)/p+1. The van der Waals surface area contributed by atoms with Crippen LogP contribution < -0.4 is 10.2 Å². The maximum Gasteiger partial charge on any atom is 0.169 e. The normalized spacial score (nSPS) is 24.1. The lowest BCUT2D eigenvalue weighted by Crippen LogP contribution is -3.15. The molecular formula is C20H29N4O2S2+. The van der Waals surface area contributed by atoms with Crippen LogP contribution in [0.3, 0.4) is 0 Å². The number of hydrogen-bond acceptors (Lipinski definition) is 5. The minimum Gasteiger partial charge on any atom is -0.363 e. The SMILES string of the molecule is CCNC(=S)N1CC[NH+](CCN=CC2C(=O)CC(c3cccs3)CC2=O)CC1. The maximum absolute atomic E-state index is 12.4. The highest BCUT2D eigenvalue weighted by molar-refractivity contribution is 7.80. The Morgan fingerprint density at radius 2 is 2.07 bits per heavy atom. The first kappa shape index (κ1) is 21.1. The van der Waals surface area contributed by atoms with Gasteiger partial charge >= 0.3 is 0 Å². The predicted octanol–water partition coefficient (Wildman–Crippen LogP) is 0.546. The van der Waals surface area contributed by atoms with Crippen LogP contribution in [-0.2, 0) is 9.59 Å². The highest BCUT2D eigenvalue weighted by Gasteiger charge is 2.35. The molecule has 1 saturated heterocycles. The van der Waals surface area contributed by atoms with E-state index < -0.39 is 5.92 Å².